The van der Waals surface area contributed by atoms with E-state index in [2.05, 4.69) is 9.80 Å². The van der Waals surface area contributed by atoms with Gasteiger partial charge in [-0.05, 0) is 50.3 Å². The summed E-state index contributed by atoms with van der Waals surface area (Å²) in [5.74, 6) is -0.134. The number of rotatable bonds is 7. The molecule has 3 rings (SSSR count). The standard InChI is InChI=1S/C20H25N3O3S2/c1-3-26-19(25)12-18-13-28-20(27)23(18)14-21-8-10-22(11-9-21)17-6-4-16(5-7-17)15(2)24/h4-7,13H,3,8-12,14H2,1-2H3. The van der Waals surface area contributed by atoms with Gasteiger partial charge in [-0.2, -0.15) is 0 Å². The van der Waals surface area contributed by atoms with Gasteiger partial charge in [-0.3, -0.25) is 14.5 Å². The van der Waals surface area contributed by atoms with Crippen LogP contribution < -0.4 is 4.90 Å². The zero-order valence-electron chi connectivity index (χ0n) is 16.2. The Morgan fingerprint density at radius 1 is 1.14 bits per heavy atom. The number of piperazine rings is 1. The molecule has 0 amide bonds. The Labute approximate surface area is 174 Å². The number of esters is 1. The molecule has 0 N–H and O–H groups in total. The van der Waals surface area contributed by atoms with Crippen LogP contribution in [-0.4, -0.2) is 54.0 Å². The minimum absolute atomic E-state index is 0.0856. The lowest BCUT2D eigenvalue weighted by molar-refractivity contribution is -0.142. The number of hydrogen-bond acceptors (Lipinski definition) is 7. The molecule has 0 atom stereocenters. The van der Waals surface area contributed by atoms with E-state index in [-0.39, 0.29) is 18.2 Å². The van der Waals surface area contributed by atoms with Gasteiger partial charge < -0.3 is 14.2 Å². The lowest BCUT2D eigenvalue weighted by atomic mass is 10.1. The predicted octanol–water partition coefficient (Wildman–Crippen LogP) is 3.37. The van der Waals surface area contributed by atoms with Crippen molar-refractivity contribution in [3.8, 4) is 0 Å². The van der Waals surface area contributed by atoms with Crippen LogP contribution in [-0.2, 0) is 22.6 Å². The van der Waals surface area contributed by atoms with Crippen LogP contribution in [0.5, 0.6) is 0 Å². The first-order valence-electron chi connectivity index (χ1n) is 9.39. The van der Waals surface area contributed by atoms with Crippen LogP contribution in [0.2, 0.25) is 0 Å². The molecule has 0 spiro atoms. The van der Waals surface area contributed by atoms with Gasteiger partial charge in [-0.15, -0.1) is 11.3 Å². The maximum atomic E-state index is 11.8. The van der Waals surface area contributed by atoms with Crippen molar-refractivity contribution < 1.29 is 14.3 Å². The highest BCUT2D eigenvalue weighted by molar-refractivity contribution is 7.73. The average Bonchev–Trinajstić information content (AvgIpc) is 3.02. The number of aromatic nitrogens is 1. The van der Waals surface area contributed by atoms with Gasteiger partial charge in [-0.1, -0.05) is 0 Å². The summed E-state index contributed by atoms with van der Waals surface area (Å²) < 4.78 is 7.88. The van der Waals surface area contributed by atoms with Gasteiger partial charge in [0.25, 0.3) is 0 Å². The van der Waals surface area contributed by atoms with Gasteiger partial charge in [0.05, 0.1) is 19.7 Å². The average molecular weight is 420 g/mol. The quantitative estimate of drug-likeness (QED) is 0.390. The molecule has 2 aromatic rings. The molecule has 1 saturated heterocycles. The van der Waals surface area contributed by atoms with E-state index in [9.17, 15) is 9.59 Å². The highest BCUT2D eigenvalue weighted by Gasteiger charge is 2.19. The fourth-order valence-corrected chi connectivity index (χ4v) is 4.33. The number of carbonyl (C=O) groups is 2. The van der Waals surface area contributed by atoms with E-state index in [1.54, 1.807) is 6.92 Å². The number of nitrogens with zero attached hydrogens (tertiary/aromatic N) is 3. The summed E-state index contributed by atoms with van der Waals surface area (Å²) in [6.45, 7) is 8.10. The Hall–Kier alpha value is -2.03. The van der Waals surface area contributed by atoms with Crippen LogP contribution in [0.25, 0.3) is 0 Å². The molecule has 0 aliphatic carbocycles. The van der Waals surface area contributed by atoms with E-state index in [0.29, 0.717) is 13.3 Å². The fourth-order valence-electron chi connectivity index (χ4n) is 3.26. The Balaban J connectivity index is 1.59. The molecular formula is C20H25N3O3S2. The molecule has 0 bridgehead atoms. The molecule has 1 aliphatic rings. The van der Waals surface area contributed by atoms with Crippen molar-refractivity contribution in [2.45, 2.75) is 26.9 Å². The Morgan fingerprint density at radius 3 is 2.43 bits per heavy atom. The lowest BCUT2D eigenvalue weighted by Gasteiger charge is -2.36. The molecule has 1 aromatic carbocycles. The number of hydrogen-bond donors (Lipinski definition) is 0. The molecule has 1 aromatic heterocycles. The minimum Gasteiger partial charge on any atom is -0.466 e. The number of ether oxygens (including phenoxy) is 1. The zero-order valence-corrected chi connectivity index (χ0v) is 17.9. The summed E-state index contributed by atoms with van der Waals surface area (Å²) in [5.41, 5.74) is 2.79. The number of benzene rings is 1. The number of anilines is 1. The van der Waals surface area contributed by atoms with E-state index >= 15 is 0 Å². The second-order valence-electron chi connectivity index (χ2n) is 6.75. The van der Waals surface area contributed by atoms with E-state index in [4.69, 9.17) is 17.0 Å². The molecule has 28 heavy (non-hydrogen) atoms. The van der Waals surface area contributed by atoms with E-state index in [0.717, 1.165) is 47.1 Å². The summed E-state index contributed by atoms with van der Waals surface area (Å²) in [4.78, 5) is 27.9. The molecule has 1 aliphatic heterocycles. The van der Waals surface area contributed by atoms with Crippen molar-refractivity contribution in [3.63, 3.8) is 0 Å². The van der Waals surface area contributed by atoms with Crippen LogP contribution in [0.15, 0.2) is 29.6 Å². The first-order chi connectivity index (χ1) is 13.5. The van der Waals surface area contributed by atoms with Gasteiger partial charge in [-0.25, -0.2) is 0 Å². The van der Waals surface area contributed by atoms with E-state index < -0.39 is 0 Å². The first kappa shape index (κ1) is 20.7. The zero-order chi connectivity index (χ0) is 20.1. The third-order valence-electron chi connectivity index (χ3n) is 4.85. The molecule has 150 valence electrons. The van der Waals surface area contributed by atoms with Crippen LogP contribution in [0, 0.1) is 3.95 Å². The number of carbonyl (C=O) groups excluding carboxylic acids is 2. The molecule has 2 heterocycles. The van der Waals surface area contributed by atoms with Crippen LogP contribution in [0.3, 0.4) is 0 Å². The third-order valence-corrected chi connectivity index (χ3v) is 6.17. The number of Topliss-reactive ketones (excluding diaryl/α,β-unsaturated/α-hetero) is 1. The third kappa shape index (κ3) is 5.06. The molecule has 0 radical (unpaired) electrons. The maximum Gasteiger partial charge on any atom is 0.311 e. The Bertz CT molecular complexity index is 881. The largest absolute Gasteiger partial charge is 0.466 e. The van der Waals surface area contributed by atoms with Crippen molar-refractivity contribution in [1.29, 1.82) is 0 Å². The molecule has 1 fully saturated rings. The van der Waals surface area contributed by atoms with Crippen molar-refractivity contribution in [3.05, 3.63) is 44.9 Å². The maximum absolute atomic E-state index is 11.8. The van der Waals surface area contributed by atoms with Crippen molar-refractivity contribution in [2.24, 2.45) is 0 Å². The molecule has 0 unspecified atom stereocenters. The second-order valence-corrected chi connectivity index (χ2v) is 8.26. The van der Waals surface area contributed by atoms with Gasteiger partial charge in [0.15, 0.2) is 9.74 Å². The van der Waals surface area contributed by atoms with Gasteiger partial charge in [0.2, 0.25) is 0 Å². The molecule has 8 heteroatoms. The molecule has 6 nitrogen and oxygen atoms in total. The van der Waals surface area contributed by atoms with E-state index in [1.807, 2.05) is 41.1 Å². The minimum atomic E-state index is -0.220. The lowest BCUT2D eigenvalue weighted by Crippen LogP contribution is -2.47. The van der Waals surface area contributed by atoms with Gasteiger partial charge >= 0.3 is 5.97 Å². The Morgan fingerprint density at radius 2 is 1.82 bits per heavy atom. The summed E-state index contributed by atoms with van der Waals surface area (Å²) >= 11 is 6.94. The van der Waals surface area contributed by atoms with Crippen LogP contribution in [0.4, 0.5) is 5.69 Å². The fraction of sp³-hybridized carbons (Fsp3) is 0.450. The second kappa shape index (κ2) is 9.45. The SMILES string of the molecule is CCOC(=O)Cc1csc(=S)n1CN1CCN(c2ccc(C(C)=O)cc2)CC1. The number of thiazole rings is 1. The summed E-state index contributed by atoms with van der Waals surface area (Å²) in [7, 11) is 0. The smallest absolute Gasteiger partial charge is 0.311 e. The van der Waals surface area contributed by atoms with Crippen molar-refractivity contribution in [2.75, 3.05) is 37.7 Å². The number of ketones is 1. The molecule has 0 saturated carbocycles. The van der Waals surface area contributed by atoms with Crippen molar-refractivity contribution >= 4 is 41.0 Å². The van der Waals surface area contributed by atoms with E-state index in [1.165, 1.54) is 11.3 Å². The summed E-state index contributed by atoms with van der Waals surface area (Å²) in [6, 6.07) is 7.80. The van der Waals surface area contributed by atoms with Crippen LogP contribution >= 0.6 is 23.6 Å². The highest BCUT2D eigenvalue weighted by Crippen LogP contribution is 2.19. The predicted molar refractivity (Wildman–Crippen MR) is 114 cm³/mol. The monoisotopic (exact) mass is 419 g/mol. The topological polar surface area (TPSA) is 54.8 Å². The van der Waals surface area contributed by atoms with Crippen molar-refractivity contribution in [1.82, 2.24) is 9.47 Å². The Kier molecular flexibility index (Phi) is 6.98. The highest BCUT2D eigenvalue weighted by atomic mass is 32.1. The van der Waals surface area contributed by atoms with Gasteiger partial charge in [0, 0.05) is 48.5 Å². The normalized spacial score (nSPS) is 14.9. The van der Waals surface area contributed by atoms with Gasteiger partial charge in [0.1, 0.15) is 0 Å². The summed E-state index contributed by atoms with van der Waals surface area (Å²) in [5, 5.41) is 1.95. The first-order valence-corrected chi connectivity index (χ1v) is 10.7. The summed E-state index contributed by atoms with van der Waals surface area (Å²) in [6.07, 6.45) is 0.253. The molecular weight excluding hydrogens is 394 g/mol. The van der Waals surface area contributed by atoms with Crippen LogP contribution in [0.1, 0.15) is 29.9 Å².